The number of nitrogens with zero attached hydrogens (tertiary/aromatic N) is 2. The Labute approximate surface area is 101 Å². The molecule has 4 nitrogen and oxygen atoms in total. The standard InChI is InChI=1S/C10H9IN4/c11-8-4-2-1-3-6(8)7-5-14-10(13)15-9(7)12/h1-5H,(H4,12,13,14,15). The van der Waals surface area contributed by atoms with Crippen molar-refractivity contribution in [2.45, 2.75) is 0 Å². The van der Waals surface area contributed by atoms with Crippen molar-refractivity contribution in [3.05, 3.63) is 34.0 Å². The van der Waals surface area contributed by atoms with Gasteiger partial charge in [-0.25, -0.2) is 4.98 Å². The molecule has 0 spiro atoms. The molecule has 5 heteroatoms. The highest BCUT2D eigenvalue weighted by Crippen LogP contribution is 2.28. The van der Waals surface area contributed by atoms with E-state index in [4.69, 9.17) is 11.5 Å². The second-order valence-electron chi connectivity index (χ2n) is 3.01. The molecule has 76 valence electrons. The molecule has 0 aliphatic rings. The van der Waals surface area contributed by atoms with Crippen LogP contribution >= 0.6 is 22.6 Å². The molecule has 0 aliphatic heterocycles. The van der Waals surface area contributed by atoms with Crippen molar-refractivity contribution in [3.8, 4) is 11.1 Å². The predicted molar refractivity (Wildman–Crippen MR) is 69.0 cm³/mol. The molecule has 1 aromatic heterocycles. The highest BCUT2D eigenvalue weighted by molar-refractivity contribution is 14.1. The number of rotatable bonds is 1. The molecule has 1 heterocycles. The van der Waals surface area contributed by atoms with Gasteiger partial charge in [0.1, 0.15) is 5.82 Å². The molecule has 0 amide bonds. The van der Waals surface area contributed by atoms with Crippen LogP contribution in [0.4, 0.5) is 11.8 Å². The maximum atomic E-state index is 5.79. The zero-order valence-corrected chi connectivity index (χ0v) is 9.97. The van der Waals surface area contributed by atoms with Crippen LogP contribution in [-0.2, 0) is 0 Å². The zero-order chi connectivity index (χ0) is 10.8. The van der Waals surface area contributed by atoms with E-state index in [1.807, 2.05) is 24.3 Å². The molecule has 2 aromatic rings. The third-order valence-electron chi connectivity index (χ3n) is 2.00. The van der Waals surface area contributed by atoms with Crippen LogP contribution in [0, 0.1) is 3.57 Å². The topological polar surface area (TPSA) is 77.8 Å². The van der Waals surface area contributed by atoms with E-state index in [-0.39, 0.29) is 5.95 Å². The lowest BCUT2D eigenvalue weighted by Gasteiger charge is -2.06. The van der Waals surface area contributed by atoms with Gasteiger partial charge in [0.2, 0.25) is 5.95 Å². The van der Waals surface area contributed by atoms with Gasteiger partial charge in [-0.3, -0.25) is 0 Å². The molecule has 0 unspecified atom stereocenters. The number of nitrogen functional groups attached to an aromatic ring is 2. The smallest absolute Gasteiger partial charge is 0.221 e. The summed E-state index contributed by atoms with van der Waals surface area (Å²) in [4.78, 5) is 7.87. The van der Waals surface area contributed by atoms with Gasteiger partial charge in [-0.05, 0) is 28.7 Å². The molecule has 0 aliphatic carbocycles. The van der Waals surface area contributed by atoms with Gasteiger partial charge in [-0.2, -0.15) is 4.98 Å². The summed E-state index contributed by atoms with van der Waals surface area (Å²) in [7, 11) is 0. The van der Waals surface area contributed by atoms with Crippen molar-refractivity contribution in [1.29, 1.82) is 0 Å². The van der Waals surface area contributed by atoms with E-state index in [1.165, 1.54) is 0 Å². The number of nitrogens with two attached hydrogens (primary N) is 2. The Kier molecular flexibility index (Phi) is 2.72. The molecule has 0 radical (unpaired) electrons. The molecular formula is C10H9IN4. The minimum Gasteiger partial charge on any atom is -0.383 e. The van der Waals surface area contributed by atoms with Crippen LogP contribution in [0.1, 0.15) is 0 Å². The number of hydrogen-bond donors (Lipinski definition) is 2. The van der Waals surface area contributed by atoms with Gasteiger partial charge in [0.15, 0.2) is 0 Å². The van der Waals surface area contributed by atoms with Gasteiger partial charge in [-0.15, -0.1) is 0 Å². The summed E-state index contributed by atoms with van der Waals surface area (Å²) >= 11 is 2.25. The third-order valence-corrected chi connectivity index (χ3v) is 2.94. The van der Waals surface area contributed by atoms with Crippen molar-refractivity contribution in [3.63, 3.8) is 0 Å². The monoisotopic (exact) mass is 312 g/mol. The normalized spacial score (nSPS) is 10.2. The Balaban J connectivity index is 2.60. The number of benzene rings is 1. The van der Waals surface area contributed by atoms with Crippen LogP contribution in [0.3, 0.4) is 0 Å². The first kappa shape index (κ1) is 10.2. The Morgan fingerprint density at radius 3 is 2.47 bits per heavy atom. The second kappa shape index (κ2) is 4.01. The van der Waals surface area contributed by atoms with E-state index in [1.54, 1.807) is 6.20 Å². The largest absolute Gasteiger partial charge is 0.383 e. The van der Waals surface area contributed by atoms with Gasteiger partial charge in [-0.1, -0.05) is 18.2 Å². The van der Waals surface area contributed by atoms with E-state index >= 15 is 0 Å². The summed E-state index contributed by atoms with van der Waals surface area (Å²) in [5.74, 6) is 0.605. The molecule has 0 saturated heterocycles. The Hall–Kier alpha value is -1.37. The molecule has 0 atom stereocenters. The summed E-state index contributed by atoms with van der Waals surface area (Å²) in [5, 5.41) is 0. The average Bonchev–Trinajstić information content (AvgIpc) is 2.20. The Bertz CT molecular complexity index is 499. The highest BCUT2D eigenvalue weighted by Gasteiger charge is 2.07. The molecule has 1 aromatic carbocycles. The van der Waals surface area contributed by atoms with E-state index < -0.39 is 0 Å². The van der Waals surface area contributed by atoms with Crippen LogP contribution in [0.2, 0.25) is 0 Å². The first-order valence-electron chi connectivity index (χ1n) is 4.31. The van der Waals surface area contributed by atoms with Crippen LogP contribution in [-0.4, -0.2) is 9.97 Å². The minimum atomic E-state index is 0.196. The van der Waals surface area contributed by atoms with Gasteiger partial charge in [0, 0.05) is 20.9 Å². The van der Waals surface area contributed by atoms with Crippen molar-refractivity contribution < 1.29 is 0 Å². The number of halogens is 1. The molecule has 0 fully saturated rings. The minimum absolute atomic E-state index is 0.196. The first-order chi connectivity index (χ1) is 7.18. The lowest BCUT2D eigenvalue weighted by Crippen LogP contribution is -2.01. The maximum absolute atomic E-state index is 5.79. The first-order valence-corrected chi connectivity index (χ1v) is 5.39. The lowest BCUT2D eigenvalue weighted by molar-refractivity contribution is 1.20. The van der Waals surface area contributed by atoms with Crippen LogP contribution < -0.4 is 11.5 Å². The lowest BCUT2D eigenvalue weighted by atomic mass is 10.1. The SMILES string of the molecule is Nc1ncc(-c2ccccc2I)c(N)n1. The van der Waals surface area contributed by atoms with Crippen molar-refractivity contribution in [2.75, 3.05) is 11.5 Å². The van der Waals surface area contributed by atoms with E-state index in [2.05, 4.69) is 32.6 Å². The van der Waals surface area contributed by atoms with Crippen molar-refractivity contribution in [1.82, 2.24) is 9.97 Å². The molecule has 15 heavy (non-hydrogen) atoms. The molecule has 0 saturated carbocycles. The van der Waals surface area contributed by atoms with Crippen LogP contribution in [0.15, 0.2) is 30.5 Å². The van der Waals surface area contributed by atoms with E-state index in [0.717, 1.165) is 14.7 Å². The second-order valence-corrected chi connectivity index (χ2v) is 4.17. The average molecular weight is 312 g/mol. The zero-order valence-electron chi connectivity index (χ0n) is 7.81. The van der Waals surface area contributed by atoms with E-state index in [0.29, 0.717) is 5.82 Å². The summed E-state index contributed by atoms with van der Waals surface area (Å²) in [6, 6.07) is 7.91. The molecule has 0 bridgehead atoms. The van der Waals surface area contributed by atoms with Crippen LogP contribution in [0.25, 0.3) is 11.1 Å². The molecular weight excluding hydrogens is 303 g/mol. The Morgan fingerprint density at radius 2 is 1.80 bits per heavy atom. The number of aromatic nitrogens is 2. The quantitative estimate of drug-likeness (QED) is 0.789. The van der Waals surface area contributed by atoms with Crippen LogP contribution in [0.5, 0.6) is 0 Å². The maximum Gasteiger partial charge on any atom is 0.221 e. The molecule has 2 rings (SSSR count). The summed E-state index contributed by atoms with van der Waals surface area (Å²) < 4.78 is 1.11. The van der Waals surface area contributed by atoms with Crippen molar-refractivity contribution >= 4 is 34.4 Å². The van der Waals surface area contributed by atoms with E-state index in [9.17, 15) is 0 Å². The van der Waals surface area contributed by atoms with Gasteiger partial charge in [0.25, 0.3) is 0 Å². The fraction of sp³-hybridized carbons (Fsp3) is 0. The fourth-order valence-corrected chi connectivity index (χ4v) is 1.97. The number of anilines is 2. The van der Waals surface area contributed by atoms with Gasteiger partial charge in [0.05, 0.1) is 0 Å². The highest BCUT2D eigenvalue weighted by atomic mass is 127. The summed E-state index contributed by atoms with van der Waals surface area (Å²) in [6.07, 6.45) is 1.65. The third kappa shape index (κ3) is 2.01. The Morgan fingerprint density at radius 1 is 1.07 bits per heavy atom. The van der Waals surface area contributed by atoms with Crippen molar-refractivity contribution in [2.24, 2.45) is 0 Å². The number of hydrogen-bond acceptors (Lipinski definition) is 4. The summed E-state index contributed by atoms with van der Waals surface area (Å²) in [5.41, 5.74) is 13.1. The van der Waals surface area contributed by atoms with Gasteiger partial charge >= 0.3 is 0 Å². The summed E-state index contributed by atoms with van der Waals surface area (Å²) in [6.45, 7) is 0. The molecule has 4 N–H and O–H groups in total. The fourth-order valence-electron chi connectivity index (χ4n) is 1.30. The van der Waals surface area contributed by atoms with Gasteiger partial charge < -0.3 is 11.5 Å². The predicted octanol–water partition coefficient (Wildman–Crippen LogP) is 1.91.